The summed E-state index contributed by atoms with van der Waals surface area (Å²) in [5.74, 6) is -2.22. The van der Waals surface area contributed by atoms with Gasteiger partial charge < -0.3 is 14.8 Å². The van der Waals surface area contributed by atoms with E-state index in [2.05, 4.69) is 20.4 Å². The minimum atomic E-state index is -4.72. The number of carbonyl (C=O) groups excluding carboxylic acids is 2. The van der Waals surface area contributed by atoms with E-state index in [4.69, 9.17) is 9.47 Å². The number of amides is 1. The molecule has 1 unspecified atom stereocenters. The highest BCUT2D eigenvalue weighted by molar-refractivity contribution is 5.95. The maximum absolute atomic E-state index is 12.9. The lowest BCUT2D eigenvalue weighted by Crippen LogP contribution is -2.30. The lowest BCUT2D eigenvalue weighted by Gasteiger charge is -2.15. The van der Waals surface area contributed by atoms with Crippen molar-refractivity contribution < 1.29 is 32.2 Å². The quantitative estimate of drug-likeness (QED) is 0.574. The van der Waals surface area contributed by atoms with Crippen molar-refractivity contribution in [1.29, 1.82) is 0 Å². The first kappa shape index (κ1) is 23.0. The van der Waals surface area contributed by atoms with Gasteiger partial charge in [-0.25, -0.2) is 9.50 Å². The highest BCUT2D eigenvalue weighted by atomic mass is 19.4. The molecule has 32 heavy (non-hydrogen) atoms. The van der Waals surface area contributed by atoms with Crippen molar-refractivity contribution in [3.05, 3.63) is 47.0 Å². The molecule has 1 atom stereocenters. The number of aromatic nitrogens is 4. The molecule has 2 aromatic heterocycles. The molecule has 1 amide bonds. The number of hydrogen-bond acceptors (Lipinski definition) is 7. The van der Waals surface area contributed by atoms with E-state index in [1.54, 1.807) is 24.3 Å². The third kappa shape index (κ3) is 4.95. The summed E-state index contributed by atoms with van der Waals surface area (Å²) in [6, 6.07) is 6.59. The fourth-order valence-electron chi connectivity index (χ4n) is 2.94. The Morgan fingerprint density at radius 2 is 1.81 bits per heavy atom. The van der Waals surface area contributed by atoms with Gasteiger partial charge >= 0.3 is 12.1 Å². The topological polar surface area (TPSA) is 108 Å². The smallest absolute Gasteiger partial charge is 0.453 e. The van der Waals surface area contributed by atoms with E-state index < -0.39 is 30.0 Å². The van der Waals surface area contributed by atoms with Gasteiger partial charge in [-0.05, 0) is 45.0 Å². The number of benzene rings is 1. The van der Waals surface area contributed by atoms with Crippen molar-refractivity contribution in [2.75, 3.05) is 12.4 Å². The highest BCUT2D eigenvalue weighted by Crippen LogP contribution is 2.27. The Hall–Kier alpha value is -3.70. The zero-order valence-electron chi connectivity index (χ0n) is 17.6. The van der Waals surface area contributed by atoms with Crippen LogP contribution in [0, 0.1) is 13.8 Å². The van der Waals surface area contributed by atoms with Gasteiger partial charge in [0.05, 0.1) is 13.5 Å². The molecular formula is C20H20F3N5O4. The van der Waals surface area contributed by atoms with Crippen LogP contribution in [0.5, 0.6) is 5.75 Å². The minimum absolute atomic E-state index is 0.225. The SMILES string of the molecule is COc1ccc(NC(=O)C(C)OC(=O)Cc2c(C)nc3nc(C(F)(F)F)nn3c2C)cc1. The number of esters is 1. The zero-order valence-corrected chi connectivity index (χ0v) is 17.6. The van der Waals surface area contributed by atoms with Gasteiger partial charge in [-0.3, -0.25) is 9.59 Å². The van der Waals surface area contributed by atoms with Crippen LogP contribution in [0.25, 0.3) is 5.78 Å². The lowest BCUT2D eigenvalue weighted by molar-refractivity contribution is -0.152. The van der Waals surface area contributed by atoms with Crippen molar-refractivity contribution in [1.82, 2.24) is 19.6 Å². The Bertz CT molecular complexity index is 1160. The third-order valence-corrected chi connectivity index (χ3v) is 4.66. The second kappa shape index (κ2) is 8.81. The van der Waals surface area contributed by atoms with Crippen molar-refractivity contribution in [2.24, 2.45) is 0 Å². The molecule has 0 fully saturated rings. The number of anilines is 1. The van der Waals surface area contributed by atoms with E-state index in [0.717, 1.165) is 4.52 Å². The normalized spacial score (nSPS) is 12.5. The van der Waals surface area contributed by atoms with Crippen LogP contribution in [0.2, 0.25) is 0 Å². The maximum Gasteiger partial charge on any atom is 0.453 e. The maximum atomic E-state index is 12.9. The van der Waals surface area contributed by atoms with Gasteiger partial charge in [-0.2, -0.15) is 18.2 Å². The third-order valence-electron chi connectivity index (χ3n) is 4.66. The van der Waals surface area contributed by atoms with E-state index in [1.165, 1.54) is 27.9 Å². The number of nitrogens with one attached hydrogen (secondary N) is 1. The molecule has 0 saturated carbocycles. The summed E-state index contributed by atoms with van der Waals surface area (Å²) in [7, 11) is 1.52. The van der Waals surface area contributed by atoms with E-state index in [1.807, 2.05) is 0 Å². The Kier molecular flexibility index (Phi) is 6.32. The van der Waals surface area contributed by atoms with Gasteiger partial charge in [-0.15, -0.1) is 5.10 Å². The van der Waals surface area contributed by atoms with Crippen LogP contribution >= 0.6 is 0 Å². The number of alkyl halides is 3. The van der Waals surface area contributed by atoms with Crippen LogP contribution < -0.4 is 10.1 Å². The average molecular weight is 451 g/mol. The largest absolute Gasteiger partial charge is 0.497 e. The first-order valence-corrected chi connectivity index (χ1v) is 9.44. The summed E-state index contributed by atoms with van der Waals surface area (Å²) in [5, 5.41) is 6.05. The Balaban J connectivity index is 1.70. The number of fused-ring (bicyclic) bond motifs is 1. The van der Waals surface area contributed by atoms with Gasteiger partial charge in [0.1, 0.15) is 5.75 Å². The second-order valence-corrected chi connectivity index (χ2v) is 6.93. The number of aryl methyl sites for hydroxylation is 2. The van der Waals surface area contributed by atoms with Crippen LogP contribution in [-0.2, 0) is 26.9 Å². The second-order valence-electron chi connectivity index (χ2n) is 6.93. The molecule has 1 aromatic carbocycles. The highest BCUT2D eigenvalue weighted by Gasteiger charge is 2.37. The minimum Gasteiger partial charge on any atom is -0.497 e. The van der Waals surface area contributed by atoms with Crippen molar-refractivity contribution in [2.45, 2.75) is 39.5 Å². The molecule has 3 rings (SSSR count). The molecule has 0 bridgehead atoms. The number of ether oxygens (including phenoxy) is 2. The van der Waals surface area contributed by atoms with Crippen molar-refractivity contribution >= 4 is 23.3 Å². The number of nitrogens with zero attached hydrogens (tertiary/aromatic N) is 4. The van der Waals surface area contributed by atoms with Gasteiger partial charge in [0.25, 0.3) is 17.5 Å². The molecule has 0 saturated heterocycles. The van der Waals surface area contributed by atoms with Gasteiger partial charge in [0.15, 0.2) is 6.10 Å². The number of rotatable bonds is 6. The molecule has 0 aliphatic heterocycles. The first-order valence-electron chi connectivity index (χ1n) is 9.44. The summed E-state index contributed by atoms with van der Waals surface area (Å²) in [6.07, 6.45) is -6.13. The molecule has 9 nitrogen and oxygen atoms in total. The Labute approximate surface area is 180 Å². The summed E-state index contributed by atoms with van der Waals surface area (Å²) >= 11 is 0. The summed E-state index contributed by atoms with van der Waals surface area (Å²) < 4.78 is 49.9. The first-order chi connectivity index (χ1) is 15.0. The molecule has 1 N–H and O–H groups in total. The van der Waals surface area contributed by atoms with Crippen molar-refractivity contribution in [3.8, 4) is 5.75 Å². The van der Waals surface area contributed by atoms with Crippen molar-refractivity contribution in [3.63, 3.8) is 0 Å². The summed E-state index contributed by atoms with van der Waals surface area (Å²) in [5.41, 5.74) is 1.40. The lowest BCUT2D eigenvalue weighted by atomic mass is 10.1. The summed E-state index contributed by atoms with van der Waals surface area (Å²) in [6.45, 7) is 4.45. The monoisotopic (exact) mass is 451 g/mol. The standard InChI is InChI=1S/C20H20F3N5O4/c1-10-15(11(2)28-19(24-10)26-18(27-28)20(21,22)23)9-16(29)32-12(3)17(30)25-13-5-7-14(31-4)8-6-13/h5-8,12H,9H2,1-4H3,(H,25,30). The van der Waals surface area contributed by atoms with E-state index >= 15 is 0 Å². The van der Waals surface area contributed by atoms with E-state index in [-0.39, 0.29) is 17.9 Å². The molecule has 170 valence electrons. The molecule has 3 aromatic rings. The summed E-state index contributed by atoms with van der Waals surface area (Å²) in [4.78, 5) is 32.1. The van der Waals surface area contributed by atoms with Crippen LogP contribution in [0.3, 0.4) is 0 Å². The molecule has 0 radical (unpaired) electrons. The Morgan fingerprint density at radius 1 is 1.16 bits per heavy atom. The predicted molar refractivity (Wildman–Crippen MR) is 106 cm³/mol. The van der Waals surface area contributed by atoms with E-state index in [0.29, 0.717) is 22.7 Å². The van der Waals surface area contributed by atoms with E-state index in [9.17, 15) is 22.8 Å². The molecule has 12 heteroatoms. The molecule has 0 aliphatic carbocycles. The molecule has 0 aliphatic rings. The van der Waals surface area contributed by atoms with Gasteiger partial charge in [-0.1, -0.05) is 0 Å². The van der Waals surface area contributed by atoms with Gasteiger partial charge in [0, 0.05) is 22.6 Å². The molecular weight excluding hydrogens is 431 g/mol. The molecule has 2 heterocycles. The Morgan fingerprint density at radius 3 is 2.41 bits per heavy atom. The number of halogens is 3. The van der Waals surface area contributed by atoms with Crippen LogP contribution in [0.4, 0.5) is 18.9 Å². The number of carbonyl (C=O) groups is 2. The fraction of sp³-hybridized carbons (Fsp3) is 0.350. The van der Waals surface area contributed by atoms with Gasteiger partial charge in [0.2, 0.25) is 0 Å². The fourth-order valence-corrected chi connectivity index (χ4v) is 2.94. The van der Waals surface area contributed by atoms with Crippen LogP contribution in [-0.4, -0.2) is 44.7 Å². The number of methoxy groups -OCH3 is 1. The molecule has 0 spiro atoms. The predicted octanol–water partition coefficient (Wildman–Crippen LogP) is 2.88. The number of hydrogen-bond donors (Lipinski definition) is 1. The zero-order chi connectivity index (χ0) is 23.6. The average Bonchev–Trinajstić information content (AvgIpc) is 3.16. The van der Waals surface area contributed by atoms with Crippen LogP contribution in [0.1, 0.15) is 29.7 Å². The van der Waals surface area contributed by atoms with Crippen LogP contribution in [0.15, 0.2) is 24.3 Å².